The monoisotopic (exact) mass is 462 g/mol. The van der Waals surface area contributed by atoms with E-state index < -0.39 is 18.1 Å². The Kier molecular flexibility index (Phi) is 12.6. The molecule has 0 saturated heterocycles. The number of ketones is 1. The summed E-state index contributed by atoms with van der Waals surface area (Å²) >= 11 is 0. The van der Waals surface area contributed by atoms with Gasteiger partial charge in [0.05, 0.1) is 19.4 Å². The van der Waals surface area contributed by atoms with Gasteiger partial charge in [-0.15, -0.1) is 0 Å². The van der Waals surface area contributed by atoms with Crippen LogP contribution in [0.2, 0.25) is 0 Å². The molecule has 7 nitrogen and oxygen atoms in total. The molecule has 1 amide bonds. The number of carbonyl (C=O) groups is 2. The van der Waals surface area contributed by atoms with Gasteiger partial charge in [0.15, 0.2) is 11.9 Å². The van der Waals surface area contributed by atoms with Crippen molar-refractivity contribution in [2.24, 2.45) is 17.6 Å². The van der Waals surface area contributed by atoms with E-state index in [1.54, 1.807) is 0 Å². The molecule has 0 aliphatic heterocycles. The van der Waals surface area contributed by atoms with Gasteiger partial charge in [0.1, 0.15) is 0 Å². The van der Waals surface area contributed by atoms with E-state index in [0.717, 1.165) is 25.7 Å². The summed E-state index contributed by atoms with van der Waals surface area (Å²) in [7, 11) is 1.40. The summed E-state index contributed by atoms with van der Waals surface area (Å²) in [6.45, 7) is 10.3. The van der Waals surface area contributed by atoms with Crippen LogP contribution < -0.4 is 11.1 Å². The molecule has 1 aliphatic carbocycles. The van der Waals surface area contributed by atoms with Crippen LogP contribution >= 0.6 is 0 Å². The van der Waals surface area contributed by atoms with Gasteiger partial charge in [0.25, 0.3) is 0 Å². The zero-order valence-electron chi connectivity index (χ0n) is 21.1. The standard InChI is InChI=1S/C26H42N2O5/c1-17(2)9-7-10-18(3)11-8-12-19(4)13-14-21-20(5)23(30)25(32-6)22(28-15-16-29)24(21)33-26(27)31/h9,11,13,20-21,24,28-29H,7-8,10,12,14-16H2,1-6H3,(H2,27,31)/b18-11+,19-13+/t20-,21-,24-/m0/s1. The van der Waals surface area contributed by atoms with Gasteiger partial charge in [-0.2, -0.15) is 0 Å². The molecule has 0 heterocycles. The van der Waals surface area contributed by atoms with E-state index in [1.165, 1.54) is 23.8 Å². The summed E-state index contributed by atoms with van der Waals surface area (Å²) in [5.74, 6) is -0.743. The third-order valence-corrected chi connectivity index (χ3v) is 5.93. The van der Waals surface area contributed by atoms with Crippen molar-refractivity contribution in [3.05, 3.63) is 46.4 Å². The molecule has 33 heavy (non-hydrogen) atoms. The first kappa shape index (κ1) is 28.5. The van der Waals surface area contributed by atoms with Crippen molar-refractivity contribution in [2.75, 3.05) is 20.3 Å². The lowest BCUT2D eigenvalue weighted by atomic mass is 9.76. The number of hydrogen-bond acceptors (Lipinski definition) is 6. The maximum Gasteiger partial charge on any atom is 0.405 e. The fourth-order valence-electron chi connectivity index (χ4n) is 4.00. The molecule has 4 N–H and O–H groups in total. The number of nitrogens with two attached hydrogens (primary N) is 1. The summed E-state index contributed by atoms with van der Waals surface area (Å²) in [4.78, 5) is 24.5. The number of rotatable bonds is 13. The number of ether oxygens (including phenoxy) is 2. The normalized spacial score (nSPS) is 21.7. The maximum atomic E-state index is 12.9. The Balaban J connectivity index is 2.92. The van der Waals surface area contributed by atoms with Gasteiger partial charge in [-0.05, 0) is 59.8 Å². The zero-order valence-corrected chi connectivity index (χ0v) is 21.1. The Hall–Kier alpha value is -2.54. The van der Waals surface area contributed by atoms with Gasteiger partial charge >= 0.3 is 6.09 Å². The molecule has 0 bridgehead atoms. The third kappa shape index (κ3) is 9.46. The van der Waals surface area contributed by atoms with E-state index in [9.17, 15) is 14.7 Å². The number of nitrogens with one attached hydrogen (secondary N) is 1. The highest BCUT2D eigenvalue weighted by atomic mass is 16.6. The Morgan fingerprint density at radius 3 is 2.24 bits per heavy atom. The average Bonchev–Trinajstić information content (AvgIpc) is 2.74. The topological polar surface area (TPSA) is 111 Å². The number of allylic oxidation sites excluding steroid dienone is 7. The average molecular weight is 463 g/mol. The van der Waals surface area contributed by atoms with Crippen molar-refractivity contribution in [3.8, 4) is 0 Å². The summed E-state index contributed by atoms with van der Waals surface area (Å²) in [5.41, 5.74) is 9.64. The van der Waals surface area contributed by atoms with Gasteiger partial charge in [-0.3, -0.25) is 4.79 Å². The summed E-state index contributed by atoms with van der Waals surface area (Å²) in [5, 5.41) is 12.2. The van der Waals surface area contributed by atoms with E-state index in [0.29, 0.717) is 12.1 Å². The first-order valence-electron chi connectivity index (χ1n) is 11.7. The number of hydrogen-bond donors (Lipinski definition) is 3. The first-order chi connectivity index (χ1) is 15.6. The number of Topliss-reactive ketones (excluding diaryl/α,β-unsaturated/α-hetero) is 1. The van der Waals surface area contributed by atoms with Crippen LogP contribution in [0.25, 0.3) is 0 Å². The number of primary amides is 1. The van der Waals surface area contributed by atoms with E-state index >= 15 is 0 Å². The lowest BCUT2D eigenvalue weighted by molar-refractivity contribution is -0.126. The minimum absolute atomic E-state index is 0.118. The van der Waals surface area contributed by atoms with E-state index in [-0.39, 0.29) is 30.6 Å². The molecular formula is C26H42N2O5. The first-order valence-corrected chi connectivity index (χ1v) is 11.7. The Labute approximate surface area is 198 Å². The number of aliphatic hydroxyl groups is 1. The van der Waals surface area contributed by atoms with Crippen LogP contribution in [0.1, 0.15) is 66.7 Å². The second kappa shape index (κ2) is 14.6. The molecule has 0 aromatic heterocycles. The Morgan fingerprint density at radius 2 is 1.70 bits per heavy atom. The molecule has 3 atom stereocenters. The predicted octanol–water partition coefficient (Wildman–Crippen LogP) is 4.53. The minimum atomic E-state index is -0.917. The van der Waals surface area contributed by atoms with Crippen LogP contribution in [0.5, 0.6) is 0 Å². The molecular weight excluding hydrogens is 420 g/mol. The van der Waals surface area contributed by atoms with E-state index in [2.05, 4.69) is 51.2 Å². The van der Waals surface area contributed by atoms with E-state index in [1.807, 2.05) is 6.92 Å². The Morgan fingerprint density at radius 1 is 1.09 bits per heavy atom. The number of methoxy groups -OCH3 is 1. The quantitative estimate of drug-likeness (QED) is 0.347. The van der Waals surface area contributed by atoms with Gasteiger partial charge < -0.3 is 25.6 Å². The van der Waals surface area contributed by atoms with Gasteiger partial charge in [0, 0.05) is 18.4 Å². The lowest BCUT2D eigenvalue weighted by Crippen LogP contribution is -2.47. The number of aliphatic hydroxyl groups excluding tert-OH is 1. The maximum absolute atomic E-state index is 12.9. The zero-order chi connectivity index (χ0) is 25.0. The van der Waals surface area contributed by atoms with Crippen LogP contribution in [-0.2, 0) is 14.3 Å². The molecule has 7 heteroatoms. The third-order valence-electron chi connectivity index (χ3n) is 5.93. The molecule has 0 aromatic carbocycles. The van der Waals surface area contributed by atoms with Crippen molar-refractivity contribution in [1.29, 1.82) is 0 Å². The van der Waals surface area contributed by atoms with Gasteiger partial charge in [-0.1, -0.05) is 41.9 Å². The van der Waals surface area contributed by atoms with Crippen molar-refractivity contribution in [1.82, 2.24) is 5.32 Å². The summed E-state index contributed by atoms with van der Waals surface area (Å²) < 4.78 is 10.7. The van der Waals surface area contributed by atoms with Crippen LogP contribution in [-0.4, -0.2) is 43.3 Å². The van der Waals surface area contributed by atoms with Crippen molar-refractivity contribution >= 4 is 11.9 Å². The minimum Gasteiger partial charge on any atom is -0.491 e. The van der Waals surface area contributed by atoms with Crippen molar-refractivity contribution in [3.63, 3.8) is 0 Å². The number of amides is 1. The fourth-order valence-corrected chi connectivity index (χ4v) is 4.00. The van der Waals surface area contributed by atoms with Gasteiger partial charge in [0.2, 0.25) is 5.78 Å². The van der Waals surface area contributed by atoms with Crippen LogP contribution in [0, 0.1) is 11.8 Å². The van der Waals surface area contributed by atoms with Crippen molar-refractivity contribution in [2.45, 2.75) is 72.8 Å². The molecule has 0 radical (unpaired) electrons. The lowest BCUT2D eigenvalue weighted by Gasteiger charge is -2.37. The Bertz CT molecular complexity index is 791. The van der Waals surface area contributed by atoms with Crippen LogP contribution in [0.4, 0.5) is 4.79 Å². The molecule has 1 aliphatic rings. The van der Waals surface area contributed by atoms with Crippen LogP contribution in [0.3, 0.4) is 0 Å². The van der Waals surface area contributed by atoms with Gasteiger partial charge in [-0.25, -0.2) is 4.79 Å². The van der Waals surface area contributed by atoms with E-state index in [4.69, 9.17) is 15.2 Å². The fraction of sp³-hybridized carbons (Fsp3) is 0.615. The van der Waals surface area contributed by atoms with Crippen LogP contribution in [0.15, 0.2) is 46.4 Å². The SMILES string of the molecule is COC1=C(NCCO)[C@@H](OC(N)=O)[C@@H](C/C=C(\C)CC/C=C(\C)CCC=C(C)C)[C@H](C)C1=O. The molecule has 0 saturated carbocycles. The second-order valence-corrected chi connectivity index (χ2v) is 8.97. The molecule has 0 aromatic rings. The molecule has 186 valence electrons. The summed E-state index contributed by atoms with van der Waals surface area (Å²) in [6.07, 6.45) is 9.56. The van der Waals surface area contributed by atoms with Crippen molar-refractivity contribution < 1.29 is 24.2 Å². The predicted molar refractivity (Wildman–Crippen MR) is 131 cm³/mol. The molecule has 0 unspecified atom stereocenters. The second-order valence-electron chi connectivity index (χ2n) is 8.97. The highest BCUT2D eigenvalue weighted by molar-refractivity contribution is 5.97. The summed E-state index contributed by atoms with van der Waals surface area (Å²) in [6, 6.07) is 0. The molecule has 0 spiro atoms. The highest BCUT2D eigenvalue weighted by Crippen LogP contribution is 2.36. The molecule has 0 fully saturated rings. The highest BCUT2D eigenvalue weighted by Gasteiger charge is 2.44. The molecule has 1 rings (SSSR count). The number of carbonyl (C=O) groups excluding carboxylic acids is 2. The smallest absolute Gasteiger partial charge is 0.405 e. The largest absolute Gasteiger partial charge is 0.491 e.